The van der Waals surface area contributed by atoms with Gasteiger partial charge in [-0.05, 0) is 36.5 Å². The Bertz CT molecular complexity index is 281. The number of ketones is 1. The van der Waals surface area contributed by atoms with Crippen LogP contribution in [0.4, 0.5) is 0 Å². The molecular formula is C13H20I2O3. The molecule has 0 heterocycles. The molecule has 1 fully saturated rings. The van der Waals surface area contributed by atoms with E-state index in [2.05, 4.69) is 22.6 Å². The summed E-state index contributed by atoms with van der Waals surface area (Å²) in [4.78, 5) is 23.4. The summed E-state index contributed by atoms with van der Waals surface area (Å²) in [7, 11) is 0. The van der Waals surface area contributed by atoms with E-state index in [1.807, 2.05) is 22.6 Å². The predicted molar refractivity (Wildman–Crippen MR) is 88.5 cm³/mol. The van der Waals surface area contributed by atoms with Crippen molar-refractivity contribution in [2.75, 3.05) is 8.86 Å². The highest BCUT2D eigenvalue weighted by molar-refractivity contribution is 14.1. The summed E-state index contributed by atoms with van der Waals surface area (Å²) < 4.78 is 6.96. The van der Waals surface area contributed by atoms with Crippen molar-refractivity contribution in [2.45, 2.75) is 51.0 Å². The fourth-order valence-corrected chi connectivity index (χ4v) is 3.10. The molecule has 0 saturated heterocycles. The van der Waals surface area contributed by atoms with Crippen molar-refractivity contribution in [1.82, 2.24) is 0 Å². The van der Waals surface area contributed by atoms with Crippen LogP contribution in [0.3, 0.4) is 0 Å². The summed E-state index contributed by atoms with van der Waals surface area (Å²) >= 11 is 4.36. The maximum atomic E-state index is 11.9. The van der Waals surface area contributed by atoms with Crippen molar-refractivity contribution < 1.29 is 14.3 Å². The van der Waals surface area contributed by atoms with Gasteiger partial charge in [-0.3, -0.25) is 9.59 Å². The lowest BCUT2D eigenvalue weighted by atomic mass is 9.82. The van der Waals surface area contributed by atoms with Crippen LogP contribution in [0.5, 0.6) is 0 Å². The van der Waals surface area contributed by atoms with Crippen molar-refractivity contribution in [3.05, 3.63) is 0 Å². The molecule has 3 nitrogen and oxygen atoms in total. The number of hydrogen-bond acceptors (Lipinski definition) is 3. The van der Waals surface area contributed by atoms with Gasteiger partial charge in [0.25, 0.3) is 0 Å². The van der Waals surface area contributed by atoms with Gasteiger partial charge in [0.2, 0.25) is 0 Å². The molecule has 104 valence electrons. The van der Waals surface area contributed by atoms with Crippen molar-refractivity contribution >= 4 is 56.9 Å². The van der Waals surface area contributed by atoms with E-state index in [1.165, 1.54) is 0 Å². The van der Waals surface area contributed by atoms with Gasteiger partial charge in [0.15, 0.2) is 0 Å². The number of unbranched alkanes of at least 4 members (excludes halogenated alkanes) is 1. The number of carbonyl (C=O) groups excluding carboxylic acids is 2. The van der Waals surface area contributed by atoms with Crippen molar-refractivity contribution in [3.63, 3.8) is 0 Å². The molecule has 0 amide bonds. The number of halogens is 2. The molecule has 18 heavy (non-hydrogen) atoms. The Morgan fingerprint density at radius 1 is 1.33 bits per heavy atom. The Morgan fingerprint density at radius 3 is 2.72 bits per heavy atom. The summed E-state index contributed by atoms with van der Waals surface area (Å²) in [5.41, 5.74) is 0. The zero-order valence-corrected chi connectivity index (χ0v) is 14.8. The van der Waals surface area contributed by atoms with Crippen LogP contribution in [0.15, 0.2) is 0 Å². The Hall–Kier alpha value is 0.600. The van der Waals surface area contributed by atoms with Gasteiger partial charge in [-0.15, -0.1) is 0 Å². The maximum absolute atomic E-state index is 11.9. The molecule has 1 rings (SSSR count). The van der Waals surface area contributed by atoms with Crippen LogP contribution in [0.1, 0.15) is 44.9 Å². The minimum Gasteiger partial charge on any atom is -0.461 e. The topological polar surface area (TPSA) is 43.4 Å². The van der Waals surface area contributed by atoms with Gasteiger partial charge in [0.1, 0.15) is 11.9 Å². The highest BCUT2D eigenvalue weighted by Crippen LogP contribution is 2.28. The lowest BCUT2D eigenvalue weighted by Crippen LogP contribution is -2.35. The summed E-state index contributed by atoms with van der Waals surface area (Å²) in [5.74, 6) is 0.0651. The first-order valence-electron chi connectivity index (χ1n) is 6.53. The number of Topliss-reactive ketones (excluding diaryl/α,β-unsaturated/α-hetero) is 1. The van der Waals surface area contributed by atoms with E-state index < -0.39 is 0 Å². The van der Waals surface area contributed by atoms with E-state index in [1.54, 1.807) is 0 Å². The largest absolute Gasteiger partial charge is 0.461 e. The van der Waals surface area contributed by atoms with Gasteiger partial charge < -0.3 is 4.74 Å². The minimum atomic E-state index is -0.187. The molecule has 1 aliphatic rings. The molecule has 1 aliphatic carbocycles. The summed E-state index contributed by atoms with van der Waals surface area (Å²) in [6.45, 7) is 0. The van der Waals surface area contributed by atoms with E-state index in [-0.39, 0.29) is 18.0 Å². The fourth-order valence-electron chi connectivity index (χ4n) is 2.39. The SMILES string of the molecule is O=C(CI)OC(CCCCI)[C@@H]1CCCCC1=O. The molecule has 2 atom stereocenters. The second-order valence-electron chi connectivity index (χ2n) is 4.67. The van der Waals surface area contributed by atoms with E-state index in [9.17, 15) is 9.59 Å². The molecule has 5 heteroatoms. The molecule has 0 spiro atoms. The number of esters is 1. The Morgan fingerprint density at radius 2 is 2.11 bits per heavy atom. The number of ether oxygens (including phenoxy) is 1. The summed E-state index contributed by atoms with van der Waals surface area (Å²) in [6.07, 6.45) is 6.45. The average Bonchev–Trinajstić information content (AvgIpc) is 2.38. The first kappa shape index (κ1) is 16.7. The number of alkyl halides is 2. The first-order chi connectivity index (χ1) is 8.69. The number of hydrogen-bond donors (Lipinski definition) is 0. The average molecular weight is 478 g/mol. The van der Waals surface area contributed by atoms with Gasteiger partial charge in [0.05, 0.1) is 10.3 Å². The third-order valence-electron chi connectivity index (χ3n) is 3.31. The smallest absolute Gasteiger partial charge is 0.316 e. The third-order valence-corrected chi connectivity index (χ3v) is 4.70. The van der Waals surface area contributed by atoms with Crippen LogP contribution >= 0.6 is 45.2 Å². The molecule has 1 unspecified atom stereocenters. The van der Waals surface area contributed by atoms with Gasteiger partial charge in [-0.1, -0.05) is 51.6 Å². The normalized spacial score (nSPS) is 21.7. The van der Waals surface area contributed by atoms with Crippen molar-refractivity contribution in [2.24, 2.45) is 5.92 Å². The van der Waals surface area contributed by atoms with Gasteiger partial charge >= 0.3 is 5.97 Å². The Balaban J connectivity index is 2.56. The molecule has 1 saturated carbocycles. The van der Waals surface area contributed by atoms with Crippen molar-refractivity contribution in [1.29, 1.82) is 0 Å². The zero-order chi connectivity index (χ0) is 13.4. The van der Waals surface area contributed by atoms with Crippen LogP contribution in [0.25, 0.3) is 0 Å². The summed E-state index contributed by atoms with van der Waals surface area (Å²) in [5, 5.41) is 0. The fraction of sp³-hybridized carbons (Fsp3) is 0.846. The van der Waals surface area contributed by atoms with Crippen LogP contribution in [0, 0.1) is 5.92 Å². The van der Waals surface area contributed by atoms with Crippen LogP contribution in [0.2, 0.25) is 0 Å². The monoisotopic (exact) mass is 478 g/mol. The molecule has 0 radical (unpaired) electrons. The van der Waals surface area contributed by atoms with E-state index in [0.29, 0.717) is 16.6 Å². The van der Waals surface area contributed by atoms with Crippen molar-refractivity contribution in [3.8, 4) is 0 Å². The van der Waals surface area contributed by atoms with Gasteiger partial charge in [-0.2, -0.15) is 0 Å². The highest BCUT2D eigenvalue weighted by atomic mass is 127. The lowest BCUT2D eigenvalue weighted by Gasteiger charge is -2.28. The van der Waals surface area contributed by atoms with E-state index >= 15 is 0 Å². The maximum Gasteiger partial charge on any atom is 0.316 e. The van der Waals surface area contributed by atoms with Crippen LogP contribution < -0.4 is 0 Å². The molecule has 0 aromatic rings. The zero-order valence-electron chi connectivity index (χ0n) is 10.5. The van der Waals surface area contributed by atoms with Crippen LogP contribution in [-0.2, 0) is 14.3 Å². The Labute approximate surface area is 136 Å². The standard InChI is InChI=1S/C13H20I2O3/c14-8-4-3-7-12(18-13(17)9-15)10-5-1-2-6-11(10)16/h10,12H,1-9H2/t10-,12?/m1/s1. The van der Waals surface area contributed by atoms with Gasteiger partial charge in [-0.25, -0.2) is 0 Å². The molecular weight excluding hydrogens is 458 g/mol. The first-order valence-corrected chi connectivity index (χ1v) is 9.58. The second-order valence-corrected chi connectivity index (χ2v) is 6.51. The molecule has 0 aliphatic heterocycles. The molecule has 0 aromatic carbocycles. The molecule has 0 bridgehead atoms. The van der Waals surface area contributed by atoms with E-state index in [0.717, 1.165) is 43.0 Å². The molecule has 0 aromatic heterocycles. The number of rotatable bonds is 7. The van der Waals surface area contributed by atoms with Crippen LogP contribution in [-0.4, -0.2) is 26.7 Å². The second kappa shape index (κ2) is 9.50. The predicted octanol–water partition coefficient (Wildman–Crippen LogP) is 3.70. The molecule has 0 N–H and O–H groups in total. The van der Waals surface area contributed by atoms with Gasteiger partial charge in [0, 0.05) is 6.42 Å². The highest BCUT2D eigenvalue weighted by Gasteiger charge is 2.32. The quantitative estimate of drug-likeness (QED) is 0.243. The number of carbonyl (C=O) groups is 2. The summed E-state index contributed by atoms with van der Waals surface area (Å²) in [6, 6.07) is 0. The lowest BCUT2D eigenvalue weighted by molar-refractivity contribution is -0.151. The minimum absolute atomic E-state index is 0.0418. The Kier molecular flexibility index (Phi) is 8.79. The van der Waals surface area contributed by atoms with E-state index in [4.69, 9.17) is 4.74 Å². The third kappa shape index (κ3) is 5.71.